The zero-order chi connectivity index (χ0) is 9.84. The quantitative estimate of drug-likeness (QED) is 0.760. The maximum Gasteiger partial charge on any atom is 0.132 e. The van der Waals surface area contributed by atoms with Crippen LogP contribution in [0.4, 0.5) is 5.82 Å². The lowest BCUT2D eigenvalue weighted by atomic mass is 10.1. The van der Waals surface area contributed by atoms with E-state index in [0.717, 1.165) is 5.82 Å². The second-order valence-electron chi connectivity index (χ2n) is 3.32. The molecule has 13 heavy (non-hydrogen) atoms. The van der Waals surface area contributed by atoms with E-state index in [2.05, 4.69) is 23.3 Å². The van der Waals surface area contributed by atoms with Crippen LogP contribution in [0.25, 0.3) is 0 Å². The number of aromatic nitrogens is 1. The van der Waals surface area contributed by atoms with Crippen molar-refractivity contribution in [3.8, 4) is 0 Å². The molecule has 3 nitrogen and oxygen atoms in total. The van der Waals surface area contributed by atoms with Crippen molar-refractivity contribution in [3.63, 3.8) is 0 Å². The summed E-state index contributed by atoms with van der Waals surface area (Å²) in [6.07, 6.45) is 1.82. The number of nitrogens with zero attached hydrogens (tertiary/aromatic N) is 2. The van der Waals surface area contributed by atoms with Crippen LogP contribution in [-0.2, 0) is 0 Å². The third kappa shape index (κ3) is 2.18. The van der Waals surface area contributed by atoms with Crippen LogP contribution in [-0.4, -0.2) is 26.1 Å². The topological polar surface area (TPSA) is 28.2 Å². The summed E-state index contributed by atoms with van der Waals surface area (Å²) in [4.78, 5) is 6.36. The lowest BCUT2D eigenvalue weighted by Crippen LogP contribution is -2.19. The highest BCUT2D eigenvalue weighted by atomic mass is 15.1. The summed E-state index contributed by atoms with van der Waals surface area (Å²) in [5.74, 6) is 1.03. The molecule has 0 amide bonds. The van der Waals surface area contributed by atoms with Gasteiger partial charge in [-0.05, 0) is 20.0 Å². The third-order valence-corrected chi connectivity index (χ3v) is 2.14. The van der Waals surface area contributed by atoms with Crippen molar-refractivity contribution in [1.29, 1.82) is 0 Å². The lowest BCUT2D eigenvalue weighted by molar-refractivity contribution is 0.648. The number of hydrogen-bond donors (Lipinski definition) is 1. The predicted molar refractivity (Wildman–Crippen MR) is 56.0 cm³/mol. The molecular formula is C10H17N3. The second-order valence-corrected chi connectivity index (χ2v) is 3.32. The van der Waals surface area contributed by atoms with E-state index < -0.39 is 0 Å². The summed E-state index contributed by atoms with van der Waals surface area (Å²) in [6.45, 7) is 2.13. The molecule has 0 spiro atoms. The van der Waals surface area contributed by atoms with Gasteiger partial charge in [-0.3, -0.25) is 0 Å². The van der Waals surface area contributed by atoms with Gasteiger partial charge in [0, 0.05) is 31.9 Å². The van der Waals surface area contributed by atoms with Gasteiger partial charge in [0.15, 0.2) is 0 Å². The van der Waals surface area contributed by atoms with Gasteiger partial charge in [0.05, 0.1) is 0 Å². The highest BCUT2D eigenvalue weighted by Crippen LogP contribution is 2.21. The molecule has 0 bridgehead atoms. The Hall–Kier alpha value is -1.09. The van der Waals surface area contributed by atoms with Crippen molar-refractivity contribution < 1.29 is 0 Å². The van der Waals surface area contributed by atoms with E-state index in [9.17, 15) is 0 Å². The molecule has 72 valence electrons. The van der Waals surface area contributed by atoms with Gasteiger partial charge in [0.25, 0.3) is 0 Å². The van der Waals surface area contributed by atoms with Crippen LogP contribution in [0.15, 0.2) is 18.3 Å². The van der Waals surface area contributed by atoms with E-state index in [0.29, 0.717) is 6.04 Å². The average Bonchev–Trinajstić information content (AvgIpc) is 2.16. The normalized spacial score (nSPS) is 12.6. The molecule has 0 fully saturated rings. The summed E-state index contributed by atoms with van der Waals surface area (Å²) >= 11 is 0. The predicted octanol–water partition coefficient (Wildman–Crippen LogP) is 1.43. The van der Waals surface area contributed by atoms with Gasteiger partial charge in [0.1, 0.15) is 5.82 Å². The standard InChI is InChI=1S/C10H17N3/c1-8(11-2)9-6-5-7-12-10(9)13(3)4/h5-8,11H,1-4H3/t8-/m0/s1. The monoisotopic (exact) mass is 179 g/mol. The van der Waals surface area contributed by atoms with Crippen molar-refractivity contribution in [3.05, 3.63) is 23.9 Å². The number of pyridine rings is 1. The fraction of sp³-hybridized carbons (Fsp3) is 0.500. The molecule has 0 unspecified atom stereocenters. The Morgan fingerprint density at radius 3 is 2.69 bits per heavy atom. The summed E-state index contributed by atoms with van der Waals surface area (Å²) in [5.41, 5.74) is 1.23. The number of anilines is 1. The molecular weight excluding hydrogens is 162 g/mol. The molecule has 0 radical (unpaired) electrons. The Morgan fingerprint density at radius 2 is 2.15 bits per heavy atom. The van der Waals surface area contributed by atoms with Gasteiger partial charge in [-0.2, -0.15) is 0 Å². The Kier molecular flexibility index (Phi) is 3.25. The van der Waals surface area contributed by atoms with Crippen molar-refractivity contribution >= 4 is 5.82 Å². The fourth-order valence-corrected chi connectivity index (χ4v) is 1.28. The molecule has 0 aliphatic carbocycles. The Balaban J connectivity index is 3.04. The minimum atomic E-state index is 0.339. The number of nitrogens with one attached hydrogen (secondary N) is 1. The molecule has 0 aliphatic rings. The van der Waals surface area contributed by atoms with Crippen LogP contribution >= 0.6 is 0 Å². The van der Waals surface area contributed by atoms with E-state index in [-0.39, 0.29) is 0 Å². The summed E-state index contributed by atoms with van der Waals surface area (Å²) in [7, 11) is 5.97. The van der Waals surface area contributed by atoms with E-state index in [1.54, 1.807) is 0 Å². The molecule has 1 atom stereocenters. The minimum absolute atomic E-state index is 0.339. The molecule has 0 aliphatic heterocycles. The van der Waals surface area contributed by atoms with Crippen LogP contribution in [0, 0.1) is 0 Å². The van der Waals surface area contributed by atoms with E-state index in [1.165, 1.54) is 5.56 Å². The molecule has 0 saturated carbocycles. The smallest absolute Gasteiger partial charge is 0.132 e. The van der Waals surface area contributed by atoms with Crippen LogP contribution in [0.2, 0.25) is 0 Å². The first-order chi connectivity index (χ1) is 6.16. The molecule has 0 aromatic carbocycles. The van der Waals surface area contributed by atoms with Gasteiger partial charge in [0.2, 0.25) is 0 Å². The highest BCUT2D eigenvalue weighted by Gasteiger charge is 2.09. The average molecular weight is 179 g/mol. The second kappa shape index (κ2) is 4.23. The minimum Gasteiger partial charge on any atom is -0.362 e. The van der Waals surface area contributed by atoms with E-state index >= 15 is 0 Å². The van der Waals surface area contributed by atoms with E-state index in [1.807, 2.05) is 38.3 Å². The summed E-state index contributed by atoms with van der Waals surface area (Å²) in [6, 6.07) is 4.41. The van der Waals surface area contributed by atoms with Crippen molar-refractivity contribution in [2.45, 2.75) is 13.0 Å². The van der Waals surface area contributed by atoms with Gasteiger partial charge in [-0.25, -0.2) is 4.98 Å². The lowest BCUT2D eigenvalue weighted by Gasteiger charge is -2.19. The largest absolute Gasteiger partial charge is 0.362 e. The molecule has 1 aromatic rings. The molecule has 1 N–H and O–H groups in total. The maximum atomic E-state index is 4.33. The first-order valence-corrected chi connectivity index (χ1v) is 4.46. The summed E-state index contributed by atoms with van der Waals surface area (Å²) < 4.78 is 0. The van der Waals surface area contributed by atoms with Gasteiger partial charge < -0.3 is 10.2 Å². The molecule has 1 rings (SSSR count). The third-order valence-electron chi connectivity index (χ3n) is 2.14. The van der Waals surface area contributed by atoms with Gasteiger partial charge in [-0.1, -0.05) is 6.07 Å². The Bertz CT molecular complexity index is 271. The fourth-order valence-electron chi connectivity index (χ4n) is 1.28. The van der Waals surface area contributed by atoms with Crippen LogP contribution in [0.5, 0.6) is 0 Å². The van der Waals surface area contributed by atoms with Crippen LogP contribution < -0.4 is 10.2 Å². The van der Waals surface area contributed by atoms with Gasteiger partial charge >= 0.3 is 0 Å². The number of rotatable bonds is 3. The molecule has 0 saturated heterocycles. The van der Waals surface area contributed by atoms with Crippen molar-refractivity contribution in [1.82, 2.24) is 10.3 Å². The van der Waals surface area contributed by atoms with Crippen molar-refractivity contribution in [2.75, 3.05) is 26.0 Å². The van der Waals surface area contributed by atoms with Gasteiger partial charge in [-0.15, -0.1) is 0 Å². The highest BCUT2D eigenvalue weighted by molar-refractivity contribution is 5.46. The zero-order valence-corrected chi connectivity index (χ0v) is 8.70. The molecule has 1 heterocycles. The molecule has 3 heteroatoms. The first-order valence-electron chi connectivity index (χ1n) is 4.46. The van der Waals surface area contributed by atoms with Crippen LogP contribution in [0.1, 0.15) is 18.5 Å². The summed E-state index contributed by atoms with van der Waals surface area (Å²) in [5, 5.41) is 3.21. The Labute approximate surface area is 79.8 Å². The number of hydrogen-bond acceptors (Lipinski definition) is 3. The Morgan fingerprint density at radius 1 is 1.46 bits per heavy atom. The SMILES string of the molecule is CN[C@@H](C)c1cccnc1N(C)C. The van der Waals surface area contributed by atoms with Crippen molar-refractivity contribution in [2.24, 2.45) is 0 Å². The maximum absolute atomic E-state index is 4.33. The first kappa shape index (κ1) is 9.99. The van der Waals surface area contributed by atoms with Crippen LogP contribution in [0.3, 0.4) is 0 Å². The van der Waals surface area contributed by atoms with E-state index in [4.69, 9.17) is 0 Å². The molecule has 1 aromatic heterocycles. The zero-order valence-electron chi connectivity index (χ0n) is 8.70.